The van der Waals surface area contributed by atoms with Crippen molar-refractivity contribution in [3.63, 3.8) is 0 Å². The third-order valence-corrected chi connectivity index (χ3v) is 3.18. The van der Waals surface area contributed by atoms with Crippen LogP contribution in [-0.4, -0.2) is 15.2 Å². The Bertz CT molecular complexity index is 636. The van der Waals surface area contributed by atoms with Crippen molar-refractivity contribution < 1.29 is 5.11 Å². The number of rotatable bonds is 2. The van der Waals surface area contributed by atoms with Gasteiger partial charge in [0.25, 0.3) is 0 Å². The molecule has 0 N–H and O–H groups in total. The summed E-state index contributed by atoms with van der Waals surface area (Å²) in [5.41, 5.74) is 3.43. The average Bonchev–Trinajstić information content (AvgIpc) is 2.57. The van der Waals surface area contributed by atoms with Crippen molar-refractivity contribution in [2.75, 3.05) is 0 Å². The van der Waals surface area contributed by atoms with Crippen LogP contribution in [0.1, 0.15) is 0 Å². The zero-order valence-corrected chi connectivity index (χ0v) is 14.1. The number of hydrogen-bond donors (Lipinski definition) is 0. The zero-order chi connectivity index (χ0) is 15.8. The number of benzene rings is 3. The Morgan fingerprint density at radius 1 is 0.591 bits per heavy atom. The summed E-state index contributed by atoms with van der Waals surface area (Å²) in [6.07, 6.45) is 0. The normalized spacial score (nSPS) is 9.36. The van der Waals surface area contributed by atoms with Gasteiger partial charge >= 0.3 is 26.8 Å². The molecular weight excluding hydrogens is 283 g/mol. The molecule has 2 heteroatoms. The molecule has 0 unspecified atom stereocenters. The summed E-state index contributed by atoms with van der Waals surface area (Å²) in [6.45, 7) is 0. The second-order valence-corrected chi connectivity index (χ2v) is 6.15. The minimum Gasteiger partial charge on any atom is -0.872 e. The molecule has 0 heterocycles. The van der Waals surface area contributed by atoms with Crippen LogP contribution in [0.5, 0.6) is 5.75 Å². The molecule has 0 fully saturated rings. The van der Waals surface area contributed by atoms with Gasteiger partial charge in [-0.1, -0.05) is 84.6 Å². The van der Waals surface area contributed by atoms with Crippen LogP contribution in [0.15, 0.2) is 78.9 Å². The fourth-order valence-corrected chi connectivity index (χ4v) is 2.23. The largest absolute Gasteiger partial charge is 0.872 e. The Labute approximate surface area is 139 Å². The standard InChI is InChI=1S/C18H14O.2CH3.Al/c19-18-16(14-8-3-1-4-9-14)12-7-13-17(18)15-10-5-2-6-11-15;;;/h1-13,19H;2*1H3;/q;;;+1/p-1. The van der Waals surface area contributed by atoms with E-state index < -0.39 is 0 Å². The van der Waals surface area contributed by atoms with E-state index in [-0.39, 0.29) is 5.75 Å². The molecule has 3 rings (SSSR count). The molecular formula is C20H19AlO. The van der Waals surface area contributed by atoms with Gasteiger partial charge in [0.1, 0.15) is 0 Å². The predicted octanol–water partition coefficient (Wildman–Crippen LogP) is 4.88. The average molecular weight is 302 g/mol. The summed E-state index contributed by atoms with van der Waals surface area (Å²) in [5.74, 6) is 4.50. The molecule has 0 atom stereocenters. The van der Waals surface area contributed by atoms with Crippen molar-refractivity contribution in [3.8, 4) is 28.0 Å². The van der Waals surface area contributed by atoms with Gasteiger partial charge in [-0.05, 0) is 22.3 Å². The SMILES string of the molecule is [CH3][Al+][CH3].[O-]c1c(-c2ccccc2)cccc1-c1ccccc1. The molecule has 22 heavy (non-hydrogen) atoms. The van der Waals surface area contributed by atoms with Gasteiger partial charge in [0.05, 0.1) is 0 Å². The fraction of sp³-hybridized carbons (Fsp3) is 0.100. The first-order valence-electron chi connectivity index (χ1n) is 7.42. The summed E-state index contributed by atoms with van der Waals surface area (Å²) in [7, 11) is 0. The Kier molecular flexibility index (Phi) is 6.28. The molecule has 0 radical (unpaired) electrons. The van der Waals surface area contributed by atoms with Crippen LogP contribution in [0.4, 0.5) is 0 Å². The molecule has 0 spiro atoms. The van der Waals surface area contributed by atoms with E-state index in [2.05, 4.69) is 11.6 Å². The molecule has 0 aromatic heterocycles. The third-order valence-electron chi connectivity index (χ3n) is 3.18. The summed E-state index contributed by atoms with van der Waals surface area (Å²) in [6, 6.07) is 25.3. The third kappa shape index (κ3) is 4.01. The second kappa shape index (κ2) is 8.44. The molecule has 0 saturated carbocycles. The van der Waals surface area contributed by atoms with E-state index in [1.807, 2.05) is 78.9 Å². The minimum atomic E-state index is 0.0832. The molecule has 0 aliphatic carbocycles. The molecule has 0 aliphatic rings. The van der Waals surface area contributed by atoms with Gasteiger partial charge < -0.3 is 5.11 Å². The van der Waals surface area contributed by atoms with Crippen LogP contribution in [0, 0.1) is 0 Å². The van der Waals surface area contributed by atoms with Crippen LogP contribution in [-0.2, 0) is 0 Å². The van der Waals surface area contributed by atoms with Crippen LogP contribution in [0.2, 0.25) is 11.6 Å². The molecule has 0 saturated heterocycles. The van der Waals surface area contributed by atoms with Crippen molar-refractivity contribution in [1.29, 1.82) is 0 Å². The number of para-hydroxylation sites is 1. The van der Waals surface area contributed by atoms with Crippen molar-refractivity contribution in [1.82, 2.24) is 0 Å². The first-order chi connectivity index (χ1) is 10.8. The van der Waals surface area contributed by atoms with Crippen LogP contribution in [0.25, 0.3) is 22.3 Å². The molecule has 0 bridgehead atoms. The summed E-state index contributed by atoms with van der Waals surface area (Å²) >= 11 is 0.750. The van der Waals surface area contributed by atoms with E-state index in [1.165, 1.54) is 0 Å². The first-order valence-corrected chi connectivity index (χ1v) is 9.73. The Balaban J connectivity index is 0.000000545. The van der Waals surface area contributed by atoms with Gasteiger partial charge in [-0.3, -0.25) is 0 Å². The van der Waals surface area contributed by atoms with E-state index in [4.69, 9.17) is 0 Å². The molecule has 3 aromatic rings. The molecule has 0 aliphatic heterocycles. The van der Waals surface area contributed by atoms with E-state index in [1.54, 1.807) is 0 Å². The quantitative estimate of drug-likeness (QED) is 0.619. The van der Waals surface area contributed by atoms with E-state index >= 15 is 0 Å². The first kappa shape index (κ1) is 16.4. The zero-order valence-electron chi connectivity index (χ0n) is 13.0. The van der Waals surface area contributed by atoms with Gasteiger partial charge in [0.2, 0.25) is 0 Å². The fourth-order valence-electron chi connectivity index (χ4n) is 2.23. The van der Waals surface area contributed by atoms with Gasteiger partial charge in [-0.25, -0.2) is 0 Å². The topological polar surface area (TPSA) is 23.1 Å². The Hall–Kier alpha value is -2.01. The molecule has 0 amide bonds. The van der Waals surface area contributed by atoms with Gasteiger partial charge in [0.15, 0.2) is 0 Å². The van der Waals surface area contributed by atoms with Crippen LogP contribution >= 0.6 is 0 Å². The summed E-state index contributed by atoms with van der Waals surface area (Å²) in [5, 5.41) is 12.6. The predicted molar refractivity (Wildman–Crippen MR) is 94.2 cm³/mol. The van der Waals surface area contributed by atoms with Gasteiger partial charge in [-0.15, -0.1) is 0 Å². The minimum absolute atomic E-state index is 0.0832. The van der Waals surface area contributed by atoms with Gasteiger partial charge in [-0.2, -0.15) is 0 Å². The van der Waals surface area contributed by atoms with Crippen LogP contribution < -0.4 is 5.11 Å². The van der Waals surface area contributed by atoms with Crippen molar-refractivity contribution in [2.45, 2.75) is 11.6 Å². The molecule has 108 valence electrons. The van der Waals surface area contributed by atoms with Crippen molar-refractivity contribution in [3.05, 3.63) is 78.9 Å². The van der Waals surface area contributed by atoms with E-state index in [0.717, 1.165) is 37.5 Å². The maximum absolute atomic E-state index is 12.6. The smallest absolute Gasteiger partial charge is 0.0190 e. The maximum atomic E-state index is 12.6. The van der Waals surface area contributed by atoms with E-state index in [9.17, 15) is 5.11 Å². The van der Waals surface area contributed by atoms with Crippen LogP contribution in [0.3, 0.4) is 0 Å². The molecule has 1 nitrogen and oxygen atoms in total. The van der Waals surface area contributed by atoms with Crippen molar-refractivity contribution >= 4 is 15.2 Å². The maximum Gasteiger partial charge on any atom is -0.0190 e. The monoisotopic (exact) mass is 302 g/mol. The van der Waals surface area contributed by atoms with Gasteiger partial charge in [0, 0.05) is 0 Å². The Morgan fingerprint density at radius 3 is 1.32 bits per heavy atom. The van der Waals surface area contributed by atoms with E-state index in [0.29, 0.717) is 0 Å². The van der Waals surface area contributed by atoms with Crippen molar-refractivity contribution in [2.24, 2.45) is 0 Å². The summed E-state index contributed by atoms with van der Waals surface area (Å²) < 4.78 is 0. The Morgan fingerprint density at radius 2 is 0.955 bits per heavy atom. The second-order valence-electron chi connectivity index (χ2n) is 4.99. The molecule has 3 aromatic carbocycles. The summed E-state index contributed by atoms with van der Waals surface area (Å²) in [4.78, 5) is 0. The number of hydrogen-bond acceptors (Lipinski definition) is 1.